The highest BCUT2D eigenvalue weighted by Crippen LogP contribution is 2.36. The molecule has 0 saturated heterocycles. The summed E-state index contributed by atoms with van der Waals surface area (Å²) in [6, 6.07) is 15.4. The van der Waals surface area contributed by atoms with E-state index in [0.717, 1.165) is 40.4 Å². The molecule has 5 nitrogen and oxygen atoms in total. The Bertz CT molecular complexity index is 1250. The van der Waals surface area contributed by atoms with Gasteiger partial charge in [-0.2, -0.15) is 0 Å². The van der Waals surface area contributed by atoms with Gasteiger partial charge in [-0.3, -0.25) is 19.8 Å². The number of aryl methyl sites for hydroxylation is 1. The average Bonchev–Trinajstić information content (AvgIpc) is 3.24. The first-order chi connectivity index (χ1) is 15.0. The van der Waals surface area contributed by atoms with Crippen LogP contribution in [-0.4, -0.2) is 41.4 Å². The fourth-order valence-corrected chi connectivity index (χ4v) is 4.41. The number of aromatic nitrogens is 1. The second-order valence-corrected chi connectivity index (χ2v) is 8.51. The van der Waals surface area contributed by atoms with Crippen LogP contribution in [0.15, 0.2) is 59.2 Å². The third kappa shape index (κ3) is 4.20. The second-order valence-electron chi connectivity index (χ2n) is 7.59. The van der Waals surface area contributed by atoms with Crippen molar-refractivity contribution in [3.8, 4) is 12.3 Å². The van der Waals surface area contributed by atoms with E-state index in [1.165, 1.54) is 0 Å². The van der Waals surface area contributed by atoms with E-state index in [0.29, 0.717) is 23.3 Å². The average molecular weight is 476 g/mol. The molecule has 1 aliphatic rings. The molecule has 156 valence electrons. The minimum atomic E-state index is -0.370. The molecule has 1 N–H and O–H groups in total. The number of carbonyl (C=O) groups is 2. The molecule has 0 unspecified atom stereocenters. The lowest BCUT2D eigenvalue weighted by atomic mass is 9.96. The molecule has 1 aromatic heterocycles. The molecule has 2 aromatic carbocycles. The van der Waals surface area contributed by atoms with Gasteiger partial charge in [0.1, 0.15) is 0 Å². The Morgan fingerprint density at radius 3 is 2.65 bits per heavy atom. The van der Waals surface area contributed by atoms with E-state index in [9.17, 15) is 9.59 Å². The van der Waals surface area contributed by atoms with Crippen LogP contribution >= 0.6 is 15.9 Å². The predicted molar refractivity (Wildman–Crippen MR) is 127 cm³/mol. The van der Waals surface area contributed by atoms with Crippen LogP contribution in [0.1, 0.15) is 17.5 Å². The van der Waals surface area contributed by atoms with Gasteiger partial charge in [-0.15, -0.1) is 6.42 Å². The molecular weight excluding hydrogens is 454 g/mol. The van der Waals surface area contributed by atoms with Gasteiger partial charge in [0.05, 0.1) is 17.7 Å². The third-order valence-electron chi connectivity index (χ3n) is 5.40. The summed E-state index contributed by atoms with van der Waals surface area (Å²) in [5.74, 6) is 1.92. The van der Waals surface area contributed by atoms with Gasteiger partial charge in [-0.25, -0.2) is 0 Å². The van der Waals surface area contributed by atoms with E-state index in [-0.39, 0.29) is 11.8 Å². The first-order valence-corrected chi connectivity index (χ1v) is 10.8. The molecule has 0 aliphatic carbocycles. The van der Waals surface area contributed by atoms with Crippen LogP contribution in [0.5, 0.6) is 0 Å². The Morgan fingerprint density at radius 1 is 1.10 bits per heavy atom. The standard InChI is InChI=1S/C25H22BrN3O2/c1-3-12-28(2)13-7-14-29-16-20(19-10-4-5-11-21(19)29)23-22(24(30)27-25(23)31)17-8-6-9-18(26)15-17/h1,4-6,8-11,15-16H,7,12-14H2,2H3,(H,27,30,31). The van der Waals surface area contributed by atoms with Crippen molar-refractivity contribution in [1.82, 2.24) is 14.8 Å². The van der Waals surface area contributed by atoms with Crippen LogP contribution in [0.25, 0.3) is 22.0 Å². The van der Waals surface area contributed by atoms with Crippen LogP contribution in [0.4, 0.5) is 0 Å². The molecule has 0 atom stereocenters. The Labute approximate surface area is 189 Å². The normalized spacial score (nSPS) is 13.9. The quantitative estimate of drug-likeness (QED) is 0.416. The first kappa shape index (κ1) is 21.1. The summed E-state index contributed by atoms with van der Waals surface area (Å²) in [6.45, 7) is 2.27. The van der Waals surface area contributed by atoms with Gasteiger partial charge in [-0.1, -0.05) is 52.2 Å². The molecule has 6 heteroatoms. The molecule has 0 radical (unpaired) electrons. The molecule has 0 spiro atoms. The predicted octanol–water partition coefficient (Wildman–Crippen LogP) is 3.93. The molecular formula is C25H22BrN3O2. The number of rotatable bonds is 7. The number of nitrogens with zero attached hydrogens (tertiary/aromatic N) is 2. The summed E-state index contributed by atoms with van der Waals surface area (Å²) >= 11 is 3.46. The summed E-state index contributed by atoms with van der Waals surface area (Å²) in [4.78, 5) is 27.6. The summed E-state index contributed by atoms with van der Waals surface area (Å²) in [7, 11) is 2.00. The number of benzene rings is 2. The maximum atomic E-state index is 12.8. The van der Waals surface area contributed by atoms with Crippen LogP contribution in [-0.2, 0) is 16.1 Å². The number of hydrogen-bond acceptors (Lipinski definition) is 3. The Morgan fingerprint density at radius 2 is 1.87 bits per heavy atom. The Balaban J connectivity index is 1.79. The Kier molecular flexibility index (Phi) is 6.08. The van der Waals surface area contributed by atoms with Crippen LogP contribution in [0, 0.1) is 12.3 Å². The second kappa shape index (κ2) is 8.93. The smallest absolute Gasteiger partial charge is 0.259 e. The van der Waals surface area contributed by atoms with Gasteiger partial charge in [0.15, 0.2) is 0 Å². The number of nitrogens with one attached hydrogen (secondary N) is 1. The largest absolute Gasteiger partial charge is 0.347 e. The highest BCUT2D eigenvalue weighted by molar-refractivity contribution is 9.10. The fraction of sp³-hybridized carbons (Fsp3) is 0.200. The number of imide groups is 1. The zero-order valence-electron chi connectivity index (χ0n) is 17.2. The van der Waals surface area contributed by atoms with Crippen molar-refractivity contribution in [3.63, 3.8) is 0 Å². The number of fused-ring (bicyclic) bond motifs is 1. The SMILES string of the molecule is C#CCN(C)CCCn1cc(C2=C(c3cccc(Br)c3)C(=O)NC2=O)c2ccccc21. The number of carbonyl (C=O) groups excluding carboxylic acids is 2. The zero-order valence-corrected chi connectivity index (χ0v) is 18.8. The molecule has 0 saturated carbocycles. The monoisotopic (exact) mass is 475 g/mol. The topological polar surface area (TPSA) is 54.3 Å². The van der Waals surface area contributed by atoms with Gasteiger partial charge in [0, 0.05) is 40.2 Å². The van der Waals surface area contributed by atoms with Crippen LogP contribution in [0.3, 0.4) is 0 Å². The van der Waals surface area contributed by atoms with E-state index in [2.05, 4.69) is 36.6 Å². The van der Waals surface area contributed by atoms with Crippen LogP contribution in [0.2, 0.25) is 0 Å². The van der Waals surface area contributed by atoms with Crippen molar-refractivity contribution in [2.75, 3.05) is 20.1 Å². The van der Waals surface area contributed by atoms with Crippen molar-refractivity contribution in [2.45, 2.75) is 13.0 Å². The van der Waals surface area contributed by atoms with Gasteiger partial charge < -0.3 is 4.57 Å². The van der Waals surface area contributed by atoms with Crippen LogP contribution < -0.4 is 5.32 Å². The summed E-state index contributed by atoms with van der Waals surface area (Å²) in [6.07, 6.45) is 8.28. The minimum Gasteiger partial charge on any atom is -0.347 e. The van der Waals surface area contributed by atoms with Crippen molar-refractivity contribution in [3.05, 3.63) is 70.3 Å². The maximum Gasteiger partial charge on any atom is 0.259 e. The number of terminal acetylenes is 1. The van der Waals surface area contributed by atoms with Gasteiger partial charge >= 0.3 is 0 Å². The summed E-state index contributed by atoms with van der Waals surface area (Å²) in [5.41, 5.74) is 3.34. The van der Waals surface area contributed by atoms with Crippen molar-refractivity contribution in [2.24, 2.45) is 0 Å². The molecule has 4 rings (SSSR count). The van der Waals surface area contributed by atoms with E-state index in [1.54, 1.807) is 0 Å². The van der Waals surface area contributed by atoms with Gasteiger partial charge in [-0.05, 0) is 37.2 Å². The fourth-order valence-electron chi connectivity index (χ4n) is 4.01. The summed E-state index contributed by atoms with van der Waals surface area (Å²) < 4.78 is 3.00. The molecule has 3 aromatic rings. The number of halogens is 1. The molecule has 2 heterocycles. The lowest BCUT2D eigenvalue weighted by Gasteiger charge is -2.13. The van der Waals surface area contributed by atoms with Gasteiger partial charge in [0.2, 0.25) is 0 Å². The molecule has 2 amide bonds. The van der Waals surface area contributed by atoms with Gasteiger partial charge in [0.25, 0.3) is 11.8 Å². The Hall–Kier alpha value is -3.14. The van der Waals surface area contributed by atoms with Crippen molar-refractivity contribution in [1.29, 1.82) is 0 Å². The summed E-state index contributed by atoms with van der Waals surface area (Å²) in [5, 5.41) is 3.43. The number of hydrogen-bond donors (Lipinski definition) is 1. The number of amides is 2. The third-order valence-corrected chi connectivity index (χ3v) is 5.90. The van der Waals surface area contributed by atoms with E-state index < -0.39 is 0 Å². The number of para-hydroxylation sites is 1. The maximum absolute atomic E-state index is 12.8. The first-order valence-electron chi connectivity index (χ1n) is 10.1. The van der Waals surface area contributed by atoms with Crippen molar-refractivity contribution < 1.29 is 9.59 Å². The lowest BCUT2D eigenvalue weighted by Crippen LogP contribution is -2.22. The molecule has 0 bridgehead atoms. The van der Waals surface area contributed by atoms with Crippen molar-refractivity contribution >= 4 is 49.8 Å². The van der Waals surface area contributed by atoms with E-state index in [4.69, 9.17) is 6.42 Å². The van der Waals surface area contributed by atoms with E-state index in [1.807, 2.05) is 61.8 Å². The molecule has 31 heavy (non-hydrogen) atoms. The highest BCUT2D eigenvalue weighted by Gasteiger charge is 2.33. The zero-order chi connectivity index (χ0) is 22.0. The van der Waals surface area contributed by atoms with E-state index >= 15 is 0 Å². The molecule has 1 aliphatic heterocycles. The lowest BCUT2D eigenvalue weighted by molar-refractivity contribution is -0.122. The highest BCUT2D eigenvalue weighted by atomic mass is 79.9. The molecule has 0 fully saturated rings. The minimum absolute atomic E-state index is 0.364.